The molecule has 1 aliphatic heterocycles. The number of amides is 1. The Balaban J connectivity index is 1.56. The molecule has 1 aliphatic rings. The van der Waals surface area contributed by atoms with E-state index < -0.39 is 0 Å². The van der Waals surface area contributed by atoms with Crippen LogP contribution in [0, 0.1) is 6.92 Å². The quantitative estimate of drug-likeness (QED) is 0.938. The molecule has 21 heavy (non-hydrogen) atoms. The summed E-state index contributed by atoms with van der Waals surface area (Å²) in [6.45, 7) is 2.12. The second kappa shape index (κ2) is 5.75. The van der Waals surface area contributed by atoms with Gasteiger partial charge in [0.05, 0.1) is 0 Å². The van der Waals surface area contributed by atoms with Crippen LogP contribution in [0.5, 0.6) is 17.2 Å². The lowest BCUT2D eigenvalue weighted by Gasteiger charge is -2.08. The molecule has 0 saturated carbocycles. The minimum Gasteiger partial charge on any atom is -0.484 e. The van der Waals surface area contributed by atoms with Crippen molar-refractivity contribution in [2.75, 3.05) is 18.7 Å². The molecule has 0 aromatic heterocycles. The summed E-state index contributed by atoms with van der Waals surface area (Å²) in [5, 5.41) is 2.79. The number of carbonyl (C=O) groups excluding carboxylic acids is 1. The van der Waals surface area contributed by atoms with Gasteiger partial charge in [0, 0.05) is 11.8 Å². The first-order chi connectivity index (χ1) is 10.2. The minimum absolute atomic E-state index is 0.0619. The molecule has 2 aromatic carbocycles. The summed E-state index contributed by atoms with van der Waals surface area (Å²) in [5.41, 5.74) is 1.85. The van der Waals surface area contributed by atoms with E-state index in [1.165, 1.54) is 0 Å². The molecule has 0 bridgehead atoms. The van der Waals surface area contributed by atoms with E-state index in [4.69, 9.17) is 14.2 Å². The van der Waals surface area contributed by atoms with Crippen molar-refractivity contribution in [3.8, 4) is 17.2 Å². The number of carbonyl (C=O) groups is 1. The van der Waals surface area contributed by atoms with Gasteiger partial charge in [-0.1, -0.05) is 12.1 Å². The van der Waals surface area contributed by atoms with Crippen molar-refractivity contribution in [3.63, 3.8) is 0 Å². The number of rotatable bonds is 4. The number of hydrogen-bond donors (Lipinski definition) is 1. The summed E-state index contributed by atoms with van der Waals surface area (Å²) in [4.78, 5) is 11.8. The Labute approximate surface area is 122 Å². The first-order valence-corrected chi connectivity index (χ1v) is 6.60. The maximum Gasteiger partial charge on any atom is 0.262 e. The van der Waals surface area contributed by atoms with Gasteiger partial charge in [-0.2, -0.15) is 0 Å². The third-order valence-electron chi connectivity index (χ3n) is 3.02. The summed E-state index contributed by atoms with van der Waals surface area (Å²) in [7, 11) is 0. The fourth-order valence-electron chi connectivity index (χ4n) is 2.04. The van der Waals surface area contributed by atoms with Crippen LogP contribution < -0.4 is 19.5 Å². The number of nitrogens with one attached hydrogen (secondary N) is 1. The topological polar surface area (TPSA) is 56.8 Å². The van der Waals surface area contributed by atoms with Crippen molar-refractivity contribution >= 4 is 11.6 Å². The third-order valence-corrected chi connectivity index (χ3v) is 3.02. The van der Waals surface area contributed by atoms with Crippen LogP contribution in [-0.2, 0) is 4.79 Å². The molecule has 0 saturated heterocycles. The SMILES string of the molecule is Cc1cccc(NC(=O)COc2ccc3c(c2)OCO3)c1. The lowest BCUT2D eigenvalue weighted by Crippen LogP contribution is -2.20. The molecule has 0 atom stereocenters. The van der Waals surface area contributed by atoms with Crippen molar-refractivity contribution in [3.05, 3.63) is 48.0 Å². The lowest BCUT2D eigenvalue weighted by atomic mass is 10.2. The van der Waals surface area contributed by atoms with E-state index in [-0.39, 0.29) is 19.3 Å². The molecule has 0 unspecified atom stereocenters. The standard InChI is InChI=1S/C16H15NO4/c1-11-3-2-4-12(7-11)17-16(18)9-19-13-5-6-14-15(8-13)21-10-20-14/h2-8H,9-10H2,1H3,(H,17,18). The summed E-state index contributed by atoms with van der Waals surface area (Å²) in [6.07, 6.45) is 0. The summed E-state index contributed by atoms with van der Waals surface area (Å²) in [5.74, 6) is 1.68. The predicted molar refractivity (Wildman–Crippen MR) is 77.9 cm³/mol. The maximum absolute atomic E-state index is 11.8. The zero-order valence-electron chi connectivity index (χ0n) is 11.6. The highest BCUT2D eigenvalue weighted by Gasteiger charge is 2.14. The van der Waals surface area contributed by atoms with Gasteiger partial charge in [0.15, 0.2) is 18.1 Å². The Morgan fingerprint density at radius 3 is 2.90 bits per heavy atom. The van der Waals surface area contributed by atoms with Crippen LogP contribution in [0.25, 0.3) is 0 Å². The molecule has 2 aromatic rings. The summed E-state index contributed by atoms with van der Waals surface area (Å²) < 4.78 is 15.9. The molecule has 0 spiro atoms. The number of hydrogen-bond acceptors (Lipinski definition) is 4. The average Bonchev–Trinajstić information content (AvgIpc) is 2.92. The fraction of sp³-hybridized carbons (Fsp3) is 0.188. The average molecular weight is 285 g/mol. The van der Waals surface area contributed by atoms with Crippen LogP contribution in [0.2, 0.25) is 0 Å². The number of benzene rings is 2. The fourth-order valence-corrected chi connectivity index (χ4v) is 2.04. The molecule has 1 amide bonds. The third kappa shape index (κ3) is 3.25. The van der Waals surface area contributed by atoms with Gasteiger partial charge in [0.25, 0.3) is 5.91 Å². The molecule has 0 radical (unpaired) electrons. The second-order valence-electron chi connectivity index (χ2n) is 4.72. The molecule has 5 nitrogen and oxygen atoms in total. The van der Waals surface area contributed by atoms with E-state index in [0.29, 0.717) is 17.2 Å². The lowest BCUT2D eigenvalue weighted by molar-refractivity contribution is -0.118. The molecule has 1 N–H and O–H groups in total. The molecular weight excluding hydrogens is 270 g/mol. The van der Waals surface area contributed by atoms with Gasteiger partial charge in [0.2, 0.25) is 6.79 Å². The normalized spacial score (nSPS) is 12.0. The van der Waals surface area contributed by atoms with Crippen LogP contribution in [0.1, 0.15) is 5.56 Å². The van der Waals surface area contributed by atoms with E-state index in [9.17, 15) is 4.79 Å². The van der Waals surface area contributed by atoms with Gasteiger partial charge >= 0.3 is 0 Å². The highest BCUT2D eigenvalue weighted by Crippen LogP contribution is 2.35. The van der Waals surface area contributed by atoms with E-state index in [2.05, 4.69) is 5.32 Å². The Bertz CT molecular complexity index is 669. The first kappa shape index (κ1) is 13.3. The highest BCUT2D eigenvalue weighted by atomic mass is 16.7. The van der Waals surface area contributed by atoms with Crippen LogP contribution in [-0.4, -0.2) is 19.3 Å². The van der Waals surface area contributed by atoms with Crippen molar-refractivity contribution in [1.82, 2.24) is 0 Å². The van der Waals surface area contributed by atoms with Crippen LogP contribution in [0.3, 0.4) is 0 Å². The van der Waals surface area contributed by atoms with Crippen molar-refractivity contribution in [2.24, 2.45) is 0 Å². The van der Waals surface area contributed by atoms with Gasteiger partial charge in [-0.15, -0.1) is 0 Å². The summed E-state index contributed by atoms with van der Waals surface area (Å²) >= 11 is 0. The smallest absolute Gasteiger partial charge is 0.262 e. The Kier molecular flexibility index (Phi) is 3.64. The van der Waals surface area contributed by atoms with Crippen molar-refractivity contribution in [1.29, 1.82) is 0 Å². The summed E-state index contributed by atoms with van der Waals surface area (Å²) in [6, 6.07) is 12.8. The zero-order valence-corrected chi connectivity index (χ0v) is 11.6. The first-order valence-electron chi connectivity index (χ1n) is 6.60. The molecule has 108 valence electrons. The van der Waals surface area contributed by atoms with Gasteiger partial charge in [-0.25, -0.2) is 0 Å². The monoisotopic (exact) mass is 285 g/mol. The molecular formula is C16H15NO4. The minimum atomic E-state index is -0.210. The predicted octanol–water partition coefficient (Wildman–Crippen LogP) is 2.74. The van der Waals surface area contributed by atoms with Gasteiger partial charge in [0.1, 0.15) is 5.75 Å². The van der Waals surface area contributed by atoms with Gasteiger partial charge in [-0.3, -0.25) is 4.79 Å². The van der Waals surface area contributed by atoms with Crippen LogP contribution in [0.15, 0.2) is 42.5 Å². The van der Waals surface area contributed by atoms with Gasteiger partial charge < -0.3 is 19.5 Å². The second-order valence-corrected chi connectivity index (χ2v) is 4.72. The number of anilines is 1. The van der Waals surface area contributed by atoms with E-state index in [1.807, 2.05) is 31.2 Å². The van der Waals surface area contributed by atoms with E-state index in [0.717, 1.165) is 11.3 Å². The van der Waals surface area contributed by atoms with Crippen molar-refractivity contribution in [2.45, 2.75) is 6.92 Å². The number of aryl methyl sites for hydroxylation is 1. The van der Waals surface area contributed by atoms with Crippen LogP contribution in [0.4, 0.5) is 5.69 Å². The van der Waals surface area contributed by atoms with E-state index in [1.54, 1.807) is 18.2 Å². The Hall–Kier alpha value is -2.69. The zero-order chi connectivity index (χ0) is 14.7. The largest absolute Gasteiger partial charge is 0.484 e. The Morgan fingerprint density at radius 2 is 2.05 bits per heavy atom. The Morgan fingerprint density at radius 1 is 1.19 bits per heavy atom. The molecule has 1 heterocycles. The number of fused-ring (bicyclic) bond motifs is 1. The van der Waals surface area contributed by atoms with Gasteiger partial charge in [-0.05, 0) is 36.8 Å². The van der Waals surface area contributed by atoms with Crippen molar-refractivity contribution < 1.29 is 19.0 Å². The maximum atomic E-state index is 11.8. The molecule has 0 fully saturated rings. The van der Waals surface area contributed by atoms with Crippen LogP contribution >= 0.6 is 0 Å². The molecule has 5 heteroatoms. The highest BCUT2D eigenvalue weighted by molar-refractivity contribution is 5.91. The molecule has 3 rings (SSSR count). The van der Waals surface area contributed by atoms with E-state index >= 15 is 0 Å². The molecule has 0 aliphatic carbocycles. The number of ether oxygens (including phenoxy) is 3.